The van der Waals surface area contributed by atoms with Crippen LogP contribution in [0.5, 0.6) is 0 Å². The third-order valence-corrected chi connectivity index (χ3v) is 5.19. The summed E-state index contributed by atoms with van der Waals surface area (Å²) in [6.45, 7) is 8.98. The standard InChI is InChI=1S/C19H30N4O/c1-16(2)23-12-9-20-18(23)15-21-10-6-11-22(14-13-21)19(24)17-7-4-3-5-8-17/h3-4,9,12,16-17H,5-8,10-11,13-15H2,1-2H3. The van der Waals surface area contributed by atoms with Gasteiger partial charge in [0.15, 0.2) is 0 Å². The van der Waals surface area contributed by atoms with Gasteiger partial charge in [0.1, 0.15) is 5.82 Å². The molecule has 1 aromatic rings. The van der Waals surface area contributed by atoms with Gasteiger partial charge in [-0.1, -0.05) is 12.2 Å². The highest BCUT2D eigenvalue weighted by atomic mass is 16.2. The average molecular weight is 330 g/mol. The molecule has 1 aliphatic carbocycles. The van der Waals surface area contributed by atoms with E-state index in [0.29, 0.717) is 11.9 Å². The van der Waals surface area contributed by atoms with Crippen molar-refractivity contribution in [2.75, 3.05) is 26.2 Å². The number of hydrogen-bond acceptors (Lipinski definition) is 3. The molecule has 5 heteroatoms. The van der Waals surface area contributed by atoms with E-state index in [4.69, 9.17) is 0 Å². The summed E-state index contributed by atoms with van der Waals surface area (Å²) in [5.41, 5.74) is 0. The molecule has 0 N–H and O–H groups in total. The Morgan fingerprint density at radius 3 is 2.88 bits per heavy atom. The number of carbonyl (C=O) groups excluding carboxylic acids is 1. The quantitative estimate of drug-likeness (QED) is 0.797. The van der Waals surface area contributed by atoms with Crippen molar-refractivity contribution in [3.05, 3.63) is 30.4 Å². The monoisotopic (exact) mass is 330 g/mol. The van der Waals surface area contributed by atoms with Crippen molar-refractivity contribution in [1.82, 2.24) is 19.4 Å². The van der Waals surface area contributed by atoms with Crippen molar-refractivity contribution < 1.29 is 4.79 Å². The lowest BCUT2D eigenvalue weighted by molar-refractivity contribution is -0.135. The average Bonchev–Trinajstić information content (AvgIpc) is 2.93. The molecule has 3 rings (SSSR count). The minimum absolute atomic E-state index is 0.210. The van der Waals surface area contributed by atoms with Gasteiger partial charge >= 0.3 is 0 Å². The van der Waals surface area contributed by atoms with Crippen molar-refractivity contribution in [3.63, 3.8) is 0 Å². The predicted octanol–water partition coefficient (Wildman–Crippen LogP) is 2.85. The molecule has 1 amide bonds. The number of allylic oxidation sites excluding steroid dienone is 2. The van der Waals surface area contributed by atoms with E-state index in [9.17, 15) is 4.79 Å². The first kappa shape index (κ1) is 17.2. The van der Waals surface area contributed by atoms with Crippen molar-refractivity contribution in [1.29, 1.82) is 0 Å². The molecule has 1 saturated heterocycles. The van der Waals surface area contributed by atoms with E-state index >= 15 is 0 Å². The summed E-state index contributed by atoms with van der Waals surface area (Å²) in [5.74, 6) is 1.70. The largest absolute Gasteiger partial charge is 0.341 e. The number of nitrogens with zero attached hydrogens (tertiary/aromatic N) is 4. The third kappa shape index (κ3) is 4.07. The molecule has 0 radical (unpaired) electrons. The van der Waals surface area contributed by atoms with Crippen molar-refractivity contribution in [2.45, 2.75) is 52.1 Å². The van der Waals surface area contributed by atoms with Crippen molar-refractivity contribution in [2.24, 2.45) is 5.92 Å². The van der Waals surface area contributed by atoms with Gasteiger partial charge in [-0.15, -0.1) is 0 Å². The molecule has 1 aromatic heterocycles. The molecule has 1 fully saturated rings. The zero-order valence-corrected chi connectivity index (χ0v) is 15.0. The molecule has 0 aromatic carbocycles. The van der Waals surface area contributed by atoms with Gasteiger partial charge in [0.25, 0.3) is 0 Å². The fourth-order valence-electron chi connectivity index (χ4n) is 3.76. The van der Waals surface area contributed by atoms with E-state index in [1.54, 1.807) is 0 Å². The maximum atomic E-state index is 12.7. The summed E-state index contributed by atoms with van der Waals surface area (Å²) < 4.78 is 2.24. The molecule has 0 spiro atoms. The van der Waals surface area contributed by atoms with Crippen LogP contribution in [0.15, 0.2) is 24.5 Å². The lowest BCUT2D eigenvalue weighted by atomic mass is 9.93. The molecule has 132 valence electrons. The number of amides is 1. The Labute approximate surface area is 145 Å². The fourth-order valence-corrected chi connectivity index (χ4v) is 3.76. The van der Waals surface area contributed by atoms with Gasteiger partial charge in [0.05, 0.1) is 6.54 Å². The van der Waals surface area contributed by atoms with E-state index in [1.165, 1.54) is 0 Å². The van der Waals surface area contributed by atoms with Gasteiger partial charge in [-0.3, -0.25) is 9.69 Å². The highest BCUT2D eigenvalue weighted by molar-refractivity contribution is 5.79. The maximum absolute atomic E-state index is 12.7. The van der Waals surface area contributed by atoms with Crippen molar-refractivity contribution >= 4 is 5.91 Å². The van der Waals surface area contributed by atoms with E-state index in [1.807, 2.05) is 6.20 Å². The smallest absolute Gasteiger partial charge is 0.226 e. The van der Waals surface area contributed by atoms with Crippen LogP contribution in [0.25, 0.3) is 0 Å². The van der Waals surface area contributed by atoms with E-state index in [2.05, 4.69) is 51.5 Å². The SMILES string of the molecule is CC(C)n1ccnc1CN1CCCN(C(=O)C2CC=CCC2)CC1. The maximum Gasteiger partial charge on any atom is 0.226 e. The van der Waals surface area contributed by atoms with Crippen LogP contribution in [-0.2, 0) is 11.3 Å². The van der Waals surface area contributed by atoms with E-state index in [0.717, 1.165) is 64.2 Å². The molecule has 1 atom stereocenters. The van der Waals surface area contributed by atoms with Crippen molar-refractivity contribution in [3.8, 4) is 0 Å². The summed E-state index contributed by atoms with van der Waals surface area (Å²) in [6, 6.07) is 0.437. The second-order valence-corrected chi connectivity index (χ2v) is 7.28. The Morgan fingerprint density at radius 1 is 1.25 bits per heavy atom. The molecule has 0 bridgehead atoms. The Bertz CT molecular complexity index is 578. The zero-order valence-electron chi connectivity index (χ0n) is 15.0. The predicted molar refractivity (Wildman–Crippen MR) is 95.6 cm³/mol. The first-order valence-corrected chi connectivity index (χ1v) is 9.33. The fraction of sp³-hybridized carbons (Fsp3) is 0.684. The highest BCUT2D eigenvalue weighted by Crippen LogP contribution is 2.21. The highest BCUT2D eigenvalue weighted by Gasteiger charge is 2.26. The van der Waals surface area contributed by atoms with Crippen LogP contribution in [0.2, 0.25) is 0 Å². The normalized spacial score (nSPS) is 22.8. The lowest BCUT2D eigenvalue weighted by Crippen LogP contribution is -2.39. The summed E-state index contributed by atoms with van der Waals surface area (Å²) >= 11 is 0. The van der Waals surface area contributed by atoms with Gasteiger partial charge in [0, 0.05) is 50.5 Å². The minimum Gasteiger partial charge on any atom is -0.341 e. The van der Waals surface area contributed by atoms with Gasteiger partial charge < -0.3 is 9.47 Å². The number of aromatic nitrogens is 2. The van der Waals surface area contributed by atoms with Crippen LogP contribution in [0, 0.1) is 5.92 Å². The minimum atomic E-state index is 0.210. The molecular formula is C19H30N4O. The third-order valence-electron chi connectivity index (χ3n) is 5.19. The second kappa shape index (κ2) is 7.97. The number of rotatable bonds is 4. The van der Waals surface area contributed by atoms with Gasteiger partial charge in [-0.05, 0) is 39.5 Å². The first-order valence-electron chi connectivity index (χ1n) is 9.33. The van der Waals surface area contributed by atoms with E-state index < -0.39 is 0 Å². The summed E-state index contributed by atoms with van der Waals surface area (Å²) in [4.78, 5) is 21.8. The number of hydrogen-bond donors (Lipinski definition) is 0. The van der Waals surface area contributed by atoms with Gasteiger partial charge in [0.2, 0.25) is 5.91 Å². The zero-order chi connectivity index (χ0) is 16.9. The van der Waals surface area contributed by atoms with Crippen LogP contribution in [0.4, 0.5) is 0 Å². The first-order chi connectivity index (χ1) is 11.6. The molecule has 0 saturated carbocycles. The second-order valence-electron chi connectivity index (χ2n) is 7.28. The van der Waals surface area contributed by atoms with Gasteiger partial charge in [-0.25, -0.2) is 4.98 Å². The summed E-state index contributed by atoms with van der Waals surface area (Å²) in [5, 5.41) is 0. The Hall–Kier alpha value is -1.62. The van der Waals surface area contributed by atoms with Crippen LogP contribution in [0.3, 0.4) is 0 Å². The molecule has 1 aliphatic heterocycles. The van der Waals surface area contributed by atoms with E-state index in [-0.39, 0.29) is 5.92 Å². The Morgan fingerprint density at radius 2 is 2.12 bits per heavy atom. The van der Waals surface area contributed by atoms with Crippen LogP contribution in [0.1, 0.15) is 51.4 Å². The van der Waals surface area contributed by atoms with Gasteiger partial charge in [-0.2, -0.15) is 0 Å². The van der Waals surface area contributed by atoms with Crippen LogP contribution >= 0.6 is 0 Å². The Kier molecular flexibility index (Phi) is 5.72. The molecule has 5 nitrogen and oxygen atoms in total. The number of carbonyl (C=O) groups is 1. The Balaban J connectivity index is 1.56. The summed E-state index contributed by atoms with van der Waals surface area (Å²) in [6.07, 6.45) is 12.4. The molecule has 2 aliphatic rings. The molecule has 24 heavy (non-hydrogen) atoms. The van der Waals surface area contributed by atoms with Crippen LogP contribution in [-0.4, -0.2) is 51.4 Å². The molecule has 1 unspecified atom stereocenters. The summed E-state index contributed by atoms with van der Waals surface area (Å²) in [7, 11) is 0. The lowest BCUT2D eigenvalue weighted by Gasteiger charge is -2.27. The number of imidazole rings is 1. The topological polar surface area (TPSA) is 41.4 Å². The molecular weight excluding hydrogens is 300 g/mol. The molecule has 2 heterocycles. The van der Waals surface area contributed by atoms with Crippen LogP contribution < -0.4 is 0 Å².